The van der Waals surface area contributed by atoms with E-state index in [1.807, 2.05) is 24.3 Å². The van der Waals surface area contributed by atoms with Crippen molar-refractivity contribution in [2.75, 3.05) is 25.5 Å². The molecule has 1 aromatic carbocycles. The fourth-order valence-electron chi connectivity index (χ4n) is 8.30. The van der Waals surface area contributed by atoms with E-state index < -0.39 is 79.7 Å². The molecule has 5 atom stereocenters. The highest BCUT2D eigenvalue weighted by Crippen LogP contribution is 2.58. The highest BCUT2D eigenvalue weighted by atomic mass is 32.2. The van der Waals surface area contributed by atoms with E-state index in [4.69, 9.17) is 18.9 Å². The number of hydrogen-bond acceptors (Lipinski definition) is 11. The van der Waals surface area contributed by atoms with Crippen LogP contribution in [0.2, 0.25) is 0 Å². The number of benzene rings is 1. The summed E-state index contributed by atoms with van der Waals surface area (Å²) >= 11 is 0. The first-order chi connectivity index (χ1) is 26.1. The molecule has 7 rings (SSSR count). The average molecular weight is 784 g/mol. The lowest BCUT2D eigenvalue weighted by Gasteiger charge is -2.30. The summed E-state index contributed by atoms with van der Waals surface area (Å²) in [6.07, 6.45) is 6.89. The Bertz CT molecular complexity index is 1820. The largest absolute Gasteiger partial charge is 0.490 e. The van der Waals surface area contributed by atoms with Gasteiger partial charge in [-0.15, -0.1) is 0 Å². The Hall–Kier alpha value is -4.14. The van der Waals surface area contributed by atoms with E-state index in [2.05, 4.69) is 5.32 Å². The van der Waals surface area contributed by atoms with Gasteiger partial charge in [0.05, 0.1) is 31.1 Å². The first kappa shape index (κ1) is 39.1. The van der Waals surface area contributed by atoms with Gasteiger partial charge in [-0.05, 0) is 88.5 Å². The molecule has 14 nitrogen and oxygen atoms in total. The second-order valence-electron chi connectivity index (χ2n) is 17.0. The molecule has 0 bridgehead atoms. The molecule has 55 heavy (non-hydrogen) atoms. The number of rotatable bonds is 6. The summed E-state index contributed by atoms with van der Waals surface area (Å²) in [5, 5.41) is 2.22. The van der Waals surface area contributed by atoms with Crippen LogP contribution in [0.4, 0.5) is 9.59 Å². The van der Waals surface area contributed by atoms with Crippen molar-refractivity contribution >= 4 is 39.5 Å². The molecule has 300 valence electrons. The number of ketones is 2. The number of carbonyl (C=O) groups excluding carboxylic acids is 5. The van der Waals surface area contributed by atoms with Crippen LogP contribution in [-0.4, -0.2) is 102 Å². The van der Waals surface area contributed by atoms with E-state index in [9.17, 15) is 32.4 Å². The van der Waals surface area contributed by atoms with Gasteiger partial charge in [-0.3, -0.25) is 19.3 Å². The quantitative estimate of drug-likeness (QED) is 0.393. The molecule has 3 amide bonds. The lowest BCUT2D eigenvalue weighted by Crippen LogP contribution is -2.53. The number of carbonyl (C=O) groups is 5. The minimum atomic E-state index is -3.62. The summed E-state index contributed by atoms with van der Waals surface area (Å²) < 4.78 is 49.1. The van der Waals surface area contributed by atoms with Gasteiger partial charge in [0.25, 0.3) is 0 Å². The van der Waals surface area contributed by atoms with Crippen LogP contribution in [0, 0.1) is 11.3 Å². The molecule has 2 aliphatic carbocycles. The third-order valence-electron chi connectivity index (χ3n) is 11.5. The van der Waals surface area contributed by atoms with Crippen LogP contribution in [0.5, 0.6) is 11.5 Å². The molecule has 1 aromatic rings. The zero-order valence-electron chi connectivity index (χ0n) is 32.0. The molecule has 0 aromatic heterocycles. The van der Waals surface area contributed by atoms with Gasteiger partial charge in [0.15, 0.2) is 32.9 Å². The smallest absolute Gasteiger partial charge is 0.410 e. The summed E-state index contributed by atoms with van der Waals surface area (Å²) in [6, 6.07) is 1.70. The molecule has 1 N–H and O–H groups in total. The molecule has 4 aliphatic heterocycles. The van der Waals surface area contributed by atoms with E-state index >= 15 is 0 Å². The number of ether oxygens (including phenoxy) is 4. The zero-order valence-corrected chi connectivity index (χ0v) is 32.8. The second-order valence-corrected chi connectivity index (χ2v) is 19.3. The number of amides is 3. The molecular formula is C40H53N3O11S. The minimum Gasteiger partial charge on any atom is -0.490 e. The van der Waals surface area contributed by atoms with Gasteiger partial charge >= 0.3 is 12.2 Å². The van der Waals surface area contributed by atoms with Crippen LogP contribution in [0.3, 0.4) is 0 Å². The van der Waals surface area contributed by atoms with Crippen molar-refractivity contribution in [3.05, 3.63) is 35.4 Å². The summed E-state index contributed by atoms with van der Waals surface area (Å²) in [5.74, 6) is -0.995. The molecule has 0 radical (unpaired) electrons. The van der Waals surface area contributed by atoms with Crippen molar-refractivity contribution in [2.45, 2.75) is 134 Å². The maximum absolute atomic E-state index is 14.4. The van der Waals surface area contributed by atoms with Gasteiger partial charge in [-0.2, -0.15) is 0 Å². The number of alkyl carbamates (subject to hydrolysis) is 1. The molecule has 4 heterocycles. The van der Waals surface area contributed by atoms with Crippen molar-refractivity contribution in [3.63, 3.8) is 0 Å². The van der Waals surface area contributed by atoms with E-state index in [-0.39, 0.29) is 38.4 Å². The number of nitrogens with zero attached hydrogens (tertiary/aromatic N) is 2. The molecule has 1 saturated heterocycles. The molecule has 15 heteroatoms. The van der Waals surface area contributed by atoms with Crippen LogP contribution in [-0.2, 0) is 46.8 Å². The van der Waals surface area contributed by atoms with Crippen LogP contribution in [0.15, 0.2) is 24.3 Å². The molecule has 6 aliphatic rings. The van der Waals surface area contributed by atoms with Crippen LogP contribution in [0.25, 0.3) is 0 Å². The summed E-state index contributed by atoms with van der Waals surface area (Å²) in [4.78, 5) is 72.3. The fourth-order valence-corrected chi connectivity index (χ4v) is 10.0. The molecule has 0 unspecified atom stereocenters. The Morgan fingerprint density at radius 3 is 2.31 bits per heavy atom. The number of hydrogen-bond donors (Lipinski definition) is 1. The first-order valence-corrected chi connectivity index (χ1v) is 21.4. The highest BCUT2D eigenvalue weighted by Gasteiger charge is 2.61. The van der Waals surface area contributed by atoms with Crippen LogP contribution >= 0.6 is 0 Å². The molecule has 2 saturated carbocycles. The summed E-state index contributed by atoms with van der Waals surface area (Å²) in [7, 11) is -3.62. The minimum absolute atomic E-state index is 0.00259. The van der Waals surface area contributed by atoms with E-state index in [0.29, 0.717) is 56.8 Å². The van der Waals surface area contributed by atoms with Crippen molar-refractivity contribution < 1.29 is 51.3 Å². The lowest BCUT2D eigenvalue weighted by atomic mass is 9.88. The number of fused-ring (bicyclic) bond motifs is 4. The number of Topliss-reactive ketones (excluding diaryl/α,β-unsaturated/α-hetero) is 2. The normalized spacial score (nSPS) is 29.1. The van der Waals surface area contributed by atoms with Gasteiger partial charge in [0.1, 0.15) is 23.5 Å². The lowest BCUT2D eigenvalue weighted by molar-refractivity contribution is -0.140. The van der Waals surface area contributed by atoms with Gasteiger partial charge in [0, 0.05) is 37.8 Å². The Balaban J connectivity index is 1.12. The van der Waals surface area contributed by atoms with Crippen molar-refractivity contribution in [1.82, 2.24) is 15.1 Å². The Morgan fingerprint density at radius 2 is 1.65 bits per heavy atom. The van der Waals surface area contributed by atoms with Gasteiger partial charge < -0.3 is 29.2 Å². The van der Waals surface area contributed by atoms with E-state index in [0.717, 1.165) is 36.8 Å². The maximum Gasteiger partial charge on any atom is 0.410 e. The summed E-state index contributed by atoms with van der Waals surface area (Å²) in [5.41, 5.74) is -0.171. The van der Waals surface area contributed by atoms with E-state index in [1.165, 1.54) is 4.90 Å². The zero-order chi connectivity index (χ0) is 39.1. The van der Waals surface area contributed by atoms with Crippen molar-refractivity contribution in [1.29, 1.82) is 0 Å². The van der Waals surface area contributed by atoms with Gasteiger partial charge in [-0.1, -0.05) is 25.0 Å². The SMILES string of the molecule is CC(C)(C)OC(=O)N[C@H]1CCCCC/C=C\[C@@H]2C[C@@]2(C(=O)CS(=O)(=O)C2CC2)CC(=O)[C@@H]2C[C@@H](OC(=O)N3Cc4cc5c(cc4C3)OCCCO5)CN2C1=O. The number of allylic oxidation sites excluding steroid dienone is 2. The topological polar surface area (TPSA) is 175 Å². The molecule has 3 fully saturated rings. The van der Waals surface area contributed by atoms with E-state index in [1.54, 1.807) is 25.7 Å². The highest BCUT2D eigenvalue weighted by molar-refractivity contribution is 7.93. The fraction of sp³-hybridized carbons (Fsp3) is 0.675. The van der Waals surface area contributed by atoms with Crippen molar-refractivity contribution in [3.8, 4) is 11.5 Å². The standard InChI is InChI=1S/C40H53N3O11S/c1-39(2,3)54-37(47)41-30-11-8-6-4-5-7-10-27-19-40(27,35(45)24-55(49,50)29-12-13-29)20-32(44)31-18-28(23-43(31)36(30)46)53-38(48)42-21-25-16-33-34(17-26(25)22-42)52-15-9-14-51-33/h7,10,16-17,27-31H,4-6,8-9,11-15,18-24H2,1-3H3,(H,41,47)/b10-7-/t27-,28-,30+,31+,40-/m1/s1. The number of nitrogens with one attached hydrogen (secondary N) is 1. The first-order valence-electron chi connectivity index (χ1n) is 19.7. The van der Waals surface area contributed by atoms with Crippen molar-refractivity contribution in [2.24, 2.45) is 11.3 Å². The molecular weight excluding hydrogens is 731 g/mol. The Labute approximate surface area is 322 Å². The third kappa shape index (κ3) is 8.97. The number of sulfone groups is 1. The average Bonchev–Trinajstić information content (AvgIpc) is 4.01. The van der Waals surface area contributed by atoms with Crippen LogP contribution in [0.1, 0.15) is 103 Å². The monoisotopic (exact) mass is 783 g/mol. The Morgan fingerprint density at radius 1 is 0.964 bits per heavy atom. The Kier molecular flexibility index (Phi) is 11.0. The second kappa shape index (κ2) is 15.4. The summed E-state index contributed by atoms with van der Waals surface area (Å²) in [6.45, 7) is 6.72. The van der Waals surface area contributed by atoms with Gasteiger partial charge in [0.2, 0.25) is 5.91 Å². The molecule has 0 spiro atoms. The predicted octanol–water partition coefficient (Wildman–Crippen LogP) is 4.80. The van der Waals surface area contributed by atoms with Crippen LogP contribution < -0.4 is 14.8 Å². The maximum atomic E-state index is 14.4. The predicted molar refractivity (Wildman–Crippen MR) is 199 cm³/mol. The third-order valence-corrected chi connectivity index (χ3v) is 13.7. The van der Waals surface area contributed by atoms with Gasteiger partial charge in [-0.25, -0.2) is 18.0 Å².